The second-order valence-corrected chi connectivity index (χ2v) is 7.25. The summed E-state index contributed by atoms with van der Waals surface area (Å²) in [6.07, 6.45) is 3.03. The van der Waals surface area contributed by atoms with Crippen LogP contribution in [0.2, 0.25) is 0 Å². The molecule has 2 aromatic rings. The number of aryl methyl sites for hydroxylation is 1. The van der Waals surface area contributed by atoms with Crippen molar-refractivity contribution in [2.24, 2.45) is 0 Å². The van der Waals surface area contributed by atoms with Gasteiger partial charge in [0.15, 0.2) is 0 Å². The molecule has 1 aromatic heterocycles. The van der Waals surface area contributed by atoms with Gasteiger partial charge in [0.2, 0.25) is 10.0 Å². The molecular weight excluding hydrogens is 302 g/mol. The summed E-state index contributed by atoms with van der Waals surface area (Å²) in [4.78, 5) is 0.249. The normalized spacial score (nSPS) is 19.4. The van der Waals surface area contributed by atoms with E-state index in [4.69, 9.17) is 4.74 Å². The molecule has 0 bridgehead atoms. The third kappa shape index (κ3) is 2.86. The molecule has 6 nitrogen and oxygen atoms in total. The molecule has 1 N–H and O–H groups in total. The minimum absolute atomic E-state index is 0.139. The first-order valence-electron chi connectivity index (χ1n) is 7.28. The molecular formula is C15H19N3O3S. The molecule has 7 heteroatoms. The van der Waals surface area contributed by atoms with E-state index in [9.17, 15) is 8.42 Å². The number of aromatic amines is 1. The molecule has 1 atom stereocenters. The Hall–Kier alpha value is -1.86. The summed E-state index contributed by atoms with van der Waals surface area (Å²) >= 11 is 0. The summed E-state index contributed by atoms with van der Waals surface area (Å²) in [5.41, 5.74) is 0.564. The number of nitrogens with one attached hydrogen (secondary N) is 1. The van der Waals surface area contributed by atoms with Crippen LogP contribution in [0.25, 0.3) is 0 Å². The van der Waals surface area contributed by atoms with Crippen molar-refractivity contribution in [1.82, 2.24) is 14.5 Å². The highest BCUT2D eigenvalue weighted by Gasteiger charge is 2.37. The summed E-state index contributed by atoms with van der Waals surface area (Å²) < 4.78 is 32.8. The van der Waals surface area contributed by atoms with Crippen molar-refractivity contribution >= 4 is 10.0 Å². The van der Waals surface area contributed by atoms with Crippen molar-refractivity contribution in [3.8, 4) is 5.75 Å². The van der Waals surface area contributed by atoms with Crippen molar-refractivity contribution in [2.45, 2.75) is 30.7 Å². The Bertz CT molecular complexity index is 728. The minimum Gasteiger partial charge on any atom is -0.492 e. The van der Waals surface area contributed by atoms with Gasteiger partial charge in [-0.05, 0) is 31.9 Å². The molecule has 3 rings (SSSR count). The second-order valence-electron chi connectivity index (χ2n) is 5.40. The van der Waals surface area contributed by atoms with Gasteiger partial charge >= 0.3 is 0 Å². The molecule has 0 amide bonds. The molecule has 118 valence electrons. The van der Waals surface area contributed by atoms with Gasteiger partial charge < -0.3 is 4.74 Å². The first-order valence-corrected chi connectivity index (χ1v) is 8.72. The van der Waals surface area contributed by atoms with Gasteiger partial charge in [-0.2, -0.15) is 9.40 Å². The first kappa shape index (κ1) is 15.1. The van der Waals surface area contributed by atoms with Crippen molar-refractivity contribution in [1.29, 1.82) is 0 Å². The van der Waals surface area contributed by atoms with E-state index in [0.29, 0.717) is 18.8 Å². The fraction of sp³-hybridized carbons (Fsp3) is 0.400. The maximum atomic E-state index is 12.7. The fourth-order valence-electron chi connectivity index (χ4n) is 2.73. The molecule has 0 saturated carbocycles. The van der Waals surface area contributed by atoms with Crippen LogP contribution in [0.4, 0.5) is 0 Å². The first-order chi connectivity index (χ1) is 10.6. The van der Waals surface area contributed by atoms with E-state index in [1.54, 1.807) is 6.92 Å². The number of sulfonamides is 1. The van der Waals surface area contributed by atoms with Crippen LogP contribution in [-0.4, -0.2) is 42.1 Å². The highest BCUT2D eigenvalue weighted by atomic mass is 32.2. The van der Waals surface area contributed by atoms with Crippen LogP contribution >= 0.6 is 0 Å². The van der Waals surface area contributed by atoms with Crippen LogP contribution in [0.3, 0.4) is 0 Å². The topological polar surface area (TPSA) is 75.3 Å². The van der Waals surface area contributed by atoms with Gasteiger partial charge in [-0.3, -0.25) is 5.10 Å². The molecule has 1 aromatic carbocycles. The molecule has 1 saturated heterocycles. The van der Waals surface area contributed by atoms with E-state index in [0.717, 1.165) is 18.6 Å². The van der Waals surface area contributed by atoms with Gasteiger partial charge in [-0.25, -0.2) is 8.42 Å². The standard InChI is InChI=1S/C15H19N3O3S/c1-12-15(10-16-17-12)22(19,20)18-9-5-6-13(18)11-21-14-7-3-2-4-8-14/h2-4,7-8,10,13H,5-6,9,11H2,1H3,(H,16,17)/t13-/m0/s1. The van der Waals surface area contributed by atoms with E-state index in [1.807, 2.05) is 30.3 Å². The molecule has 0 unspecified atom stereocenters. The van der Waals surface area contributed by atoms with Crippen LogP contribution in [-0.2, 0) is 10.0 Å². The zero-order valence-corrected chi connectivity index (χ0v) is 13.2. The van der Waals surface area contributed by atoms with E-state index >= 15 is 0 Å². The zero-order chi connectivity index (χ0) is 15.6. The lowest BCUT2D eigenvalue weighted by Crippen LogP contribution is -2.39. The van der Waals surface area contributed by atoms with Gasteiger partial charge in [0.05, 0.1) is 17.9 Å². The monoisotopic (exact) mass is 321 g/mol. The summed E-state index contributed by atoms with van der Waals surface area (Å²) in [5, 5.41) is 6.50. The van der Waals surface area contributed by atoms with Crippen LogP contribution in [0, 0.1) is 6.92 Å². The predicted molar refractivity (Wildman–Crippen MR) is 82.2 cm³/mol. The van der Waals surface area contributed by atoms with Gasteiger partial charge in [0.1, 0.15) is 17.3 Å². The molecule has 0 spiro atoms. The van der Waals surface area contributed by atoms with Crippen LogP contribution < -0.4 is 4.74 Å². The van der Waals surface area contributed by atoms with E-state index in [1.165, 1.54) is 10.5 Å². The molecule has 1 fully saturated rings. The number of aromatic nitrogens is 2. The highest BCUT2D eigenvalue weighted by molar-refractivity contribution is 7.89. The van der Waals surface area contributed by atoms with Gasteiger partial charge in [-0.1, -0.05) is 18.2 Å². The van der Waals surface area contributed by atoms with Crippen molar-refractivity contribution in [2.75, 3.05) is 13.2 Å². The average molecular weight is 321 g/mol. The Morgan fingerprint density at radius 1 is 1.36 bits per heavy atom. The van der Waals surface area contributed by atoms with Crippen molar-refractivity contribution in [3.63, 3.8) is 0 Å². The van der Waals surface area contributed by atoms with E-state index in [-0.39, 0.29) is 10.9 Å². The number of para-hydroxylation sites is 1. The molecule has 2 heterocycles. The van der Waals surface area contributed by atoms with E-state index in [2.05, 4.69) is 10.2 Å². The summed E-state index contributed by atoms with van der Waals surface area (Å²) in [7, 11) is -3.52. The second kappa shape index (κ2) is 6.10. The number of hydrogen-bond donors (Lipinski definition) is 1. The van der Waals surface area contributed by atoms with E-state index < -0.39 is 10.0 Å². The van der Waals surface area contributed by atoms with Crippen molar-refractivity contribution in [3.05, 3.63) is 42.2 Å². The Morgan fingerprint density at radius 2 is 2.14 bits per heavy atom. The van der Waals surface area contributed by atoms with Gasteiger partial charge in [-0.15, -0.1) is 0 Å². The third-order valence-electron chi connectivity index (χ3n) is 3.88. The van der Waals surface area contributed by atoms with Gasteiger partial charge in [0, 0.05) is 6.54 Å². The number of H-pyrrole nitrogens is 1. The maximum absolute atomic E-state index is 12.7. The SMILES string of the molecule is Cc1[nH]ncc1S(=O)(=O)N1CCC[C@H]1COc1ccccc1. The molecule has 22 heavy (non-hydrogen) atoms. The number of hydrogen-bond acceptors (Lipinski definition) is 4. The lowest BCUT2D eigenvalue weighted by molar-refractivity contribution is 0.232. The largest absolute Gasteiger partial charge is 0.492 e. The Labute approximate surface area is 130 Å². The van der Waals surface area contributed by atoms with Crippen molar-refractivity contribution < 1.29 is 13.2 Å². The predicted octanol–water partition coefficient (Wildman–Crippen LogP) is 1.95. The van der Waals surface area contributed by atoms with Gasteiger partial charge in [0.25, 0.3) is 0 Å². The summed E-state index contributed by atoms with van der Waals surface area (Å²) in [6.45, 7) is 2.60. The molecule has 1 aliphatic heterocycles. The Balaban J connectivity index is 1.74. The smallest absolute Gasteiger partial charge is 0.246 e. The van der Waals surface area contributed by atoms with Crippen LogP contribution in [0.15, 0.2) is 41.4 Å². The number of nitrogens with zero attached hydrogens (tertiary/aromatic N) is 2. The third-order valence-corrected chi connectivity index (χ3v) is 5.94. The number of ether oxygens (including phenoxy) is 1. The summed E-state index contributed by atoms with van der Waals surface area (Å²) in [5.74, 6) is 0.756. The maximum Gasteiger partial charge on any atom is 0.246 e. The molecule has 0 radical (unpaired) electrons. The summed E-state index contributed by atoms with van der Waals surface area (Å²) in [6, 6.07) is 9.31. The Morgan fingerprint density at radius 3 is 2.82 bits per heavy atom. The van der Waals surface area contributed by atoms with Crippen LogP contribution in [0.5, 0.6) is 5.75 Å². The minimum atomic E-state index is -3.52. The van der Waals surface area contributed by atoms with Crippen LogP contribution in [0.1, 0.15) is 18.5 Å². The fourth-order valence-corrected chi connectivity index (χ4v) is 4.53. The molecule has 0 aliphatic carbocycles. The molecule has 1 aliphatic rings. The average Bonchev–Trinajstić information content (AvgIpc) is 3.15. The lowest BCUT2D eigenvalue weighted by Gasteiger charge is -2.23. The highest BCUT2D eigenvalue weighted by Crippen LogP contribution is 2.27. The number of benzene rings is 1. The Kier molecular flexibility index (Phi) is 4.17. The number of rotatable bonds is 5. The lowest BCUT2D eigenvalue weighted by atomic mass is 10.2. The quantitative estimate of drug-likeness (QED) is 0.913. The zero-order valence-electron chi connectivity index (χ0n) is 12.4.